The van der Waals surface area contributed by atoms with Gasteiger partial charge in [-0.05, 0) is 18.1 Å². The summed E-state index contributed by atoms with van der Waals surface area (Å²) in [5, 5.41) is 10.2. The van der Waals surface area contributed by atoms with Crippen molar-refractivity contribution < 1.29 is 9.90 Å². The van der Waals surface area contributed by atoms with Crippen LogP contribution in [0.5, 0.6) is 0 Å². The lowest BCUT2D eigenvalue weighted by molar-refractivity contribution is 0.0692. The largest absolute Gasteiger partial charge is 0.476 e. The van der Waals surface area contributed by atoms with Crippen molar-refractivity contribution >= 4 is 17.3 Å². The van der Waals surface area contributed by atoms with Crippen molar-refractivity contribution in [3.63, 3.8) is 0 Å². The lowest BCUT2D eigenvalue weighted by Gasteiger charge is -2.02. The van der Waals surface area contributed by atoms with Gasteiger partial charge in [0.1, 0.15) is 5.01 Å². The second-order valence-corrected chi connectivity index (χ2v) is 5.68. The van der Waals surface area contributed by atoms with Gasteiger partial charge in [-0.2, -0.15) is 0 Å². The van der Waals surface area contributed by atoms with Crippen molar-refractivity contribution in [3.05, 3.63) is 65.9 Å². The van der Waals surface area contributed by atoms with Crippen LogP contribution in [0.4, 0.5) is 0 Å². The van der Waals surface area contributed by atoms with Crippen LogP contribution in [0.3, 0.4) is 0 Å². The van der Waals surface area contributed by atoms with Gasteiger partial charge in [0.05, 0.1) is 4.88 Å². The SMILES string of the molecule is Cc1ccccc1-c1sc(-c2ccccc2)nc1C(=O)O. The minimum Gasteiger partial charge on any atom is -0.476 e. The molecule has 1 heterocycles. The normalized spacial score (nSPS) is 10.5. The molecule has 0 fully saturated rings. The van der Waals surface area contributed by atoms with Crippen LogP contribution in [0, 0.1) is 6.92 Å². The van der Waals surface area contributed by atoms with E-state index in [0.717, 1.165) is 21.7 Å². The molecule has 0 spiro atoms. The first-order valence-electron chi connectivity index (χ1n) is 6.52. The second-order valence-electron chi connectivity index (χ2n) is 4.68. The van der Waals surface area contributed by atoms with Crippen molar-refractivity contribution in [3.8, 4) is 21.0 Å². The van der Waals surface area contributed by atoms with Crippen molar-refractivity contribution in [2.24, 2.45) is 0 Å². The molecule has 0 saturated heterocycles. The molecule has 3 nitrogen and oxygen atoms in total. The number of aromatic nitrogens is 1. The molecule has 3 aromatic rings. The first-order chi connectivity index (χ1) is 10.2. The number of benzene rings is 2. The molecule has 0 saturated carbocycles. The predicted octanol–water partition coefficient (Wildman–Crippen LogP) is 4.48. The van der Waals surface area contributed by atoms with Crippen LogP contribution in [0.2, 0.25) is 0 Å². The van der Waals surface area contributed by atoms with Gasteiger partial charge in [-0.25, -0.2) is 9.78 Å². The van der Waals surface area contributed by atoms with Gasteiger partial charge in [0.25, 0.3) is 0 Å². The highest BCUT2D eigenvalue weighted by Crippen LogP contribution is 2.36. The van der Waals surface area contributed by atoms with Crippen LogP contribution >= 0.6 is 11.3 Å². The minimum atomic E-state index is -0.994. The molecular weight excluding hydrogens is 282 g/mol. The average molecular weight is 295 g/mol. The highest BCUT2D eigenvalue weighted by molar-refractivity contribution is 7.18. The fourth-order valence-electron chi connectivity index (χ4n) is 2.18. The van der Waals surface area contributed by atoms with E-state index in [0.29, 0.717) is 4.88 Å². The second kappa shape index (κ2) is 5.50. The summed E-state index contributed by atoms with van der Waals surface area (Å²) in [6.45, 7) is 1.98. The van der Waals surface area contributed by atoms with E-state index in [1.807, 2.05) is 61.5 Å². The van der Waals surface area contributed by atoms with Crippen LogP contribution in [-0.4, -0.2) is 16.1 Å². The van der Waals surface area contributed by atoms with Crippen molar-refractivity contribution in [2.45, 2.75) is 6.92 Å². The number of hydrogen-bond acceptors (Lipinski definition) is 3. The summed E-state index contributed by atoms with van der Waals surface area (Å²) < 4.78 is 0. The highest BCUT2D eigenvalue weighted by atomic mass is 32.1. The molecule has 0 aliphatic rings. The molecule has 104 valence electrons. The Morgan fingerprint density at radius 2 is 1.71 bits per heavy atom. The van der Waals surface area contributed by atoms with E-state index in [-0.39, 0.29) is 5.69 Å². The maximum Gasteiger partial charge on any atom is 0.356 e. The third-order valence-electron chi connectivity index (χ3n) is 3.24. The first-order valence-corrected chi connectivity index (χ1v) is 7.34. The molecule has 1 N–H and O–H groups in total. The van der Waals surface area contributed by atoms with E-state index in [4.69, 9.17) is 0 Å². The summed E-state index contributed by atoms with van der Waals surface area (Å²) in [4.78, 5) is 16.5. The molecule has 0 aliphatic carbocycles. The topological polar surface area (TPSA) is 50.2 Å². The first kappa shape index (κ1) is 13.5. The Kier molecular flexibility index (Phi) is 3.54. The number of carbonyl (C=O) groups is 1. The summed E-state index contributed by atoms with van der Waals surface area (Å²) in [6, 6.07) is 17.4. The number of thiazole rings is 1. The van der Waals surface area contributed by atoms with E-state index in [1.165, 1.54) is 11.3 Å². The Morgan fingerprint density at radius 1 is 1.05 bits per heavy atom. The number of hydrogen-bond donors (Lipinski definition) is 1. The molecule has 0 unspecified atom stereocenters. The van der Waals surface area contributed by atoms with Crippen molar-refractivity contribution in [1.82, 2.24) is 4.98 Å². The Morgan fingerprint density at radius 3 is 2.38 bits per heavy atom. The van der Waals surface area contributed by atoms with Crippen LogP contribution < -0.4 is 0 Å². The van der Waals surface area contributed by atoms with E-state index >= 15 is 0 Å². The number of nitrogens with zero attached hydrogens (tertiary/aromatic N) is 1. The van der Waals surface area contributed by atoms with E-state index < -0.39 is 5.97 Å². The molecule has 0 aliphatic heterocycles. The summed E-state index contributed by atoms with van der Waals surface area (Å²) >= 11 is 1.42. The highest BCUT2D eigenvalue weighted by Gasteiger charge is 2.20. The zero-order valence-electron chi connectivity index (χ0n) is 11.4. The van der Waals surface area contributed by atoms with E-state index in [2.05, 4.69) is 4.98 Å². The van der Waals surface area contributed by atoms with Crippen LogP contribution in [0.25, 0.3) is 21.0 Å². The van der Waals surface area contributed by atoms with Gasteiger partial charge < -0.3 is 5.11 Å². The van der Waals surface area contributed by atoms with Crippen LogP contribution in [0.1, 0.15) is 16.1 Å². The zero-order chi connectivity index (χ0) is 14.8. The van der Waals surface area contributed by atoms with Gasteiger partial charge in [-0.15, -0.1) is 11.3 Å². The molecule has 3 rings (SSSR count). The summed E-state index contributed by atoms with van der Waals surface area (Å²) in [7, 11) is 0. The maximum atomic E-state index is 11.5. The number of aryl methyl sites for hydroxylation is 1. The predicted molar refractivity (Wildman–Crippen MR) is 84.7 cm³/mol. The summed E-state index contributed by atoms with van der Waals surface area (Å²) in [5.41, 5.74) is 3.02. The Labute approximate surface area is 126 Å². The number of carboxylic acids is 1. The summed E-state index contributed by atoms with van der Waals surface area (Å²) in [6.07, 6.45) is 0. The molecule has 21 heavy (non-hydrogen) atoms. The monoisotopic (exact) mass is 295 g/mol. The van der Waals surface area contributed by atoms with E-state index in [1.54, 1.807) is 0 Å². The number of carboxylic acid groups (broad SMARTS) is 1. The molecule has 0 radical (unpaired) electrons. The molecule has 0 atom stereocenters. The molecule has 4 heteroatoms. The van der Waals surface area contributed by atoms with Crippen molar-refractivity contribution in [2.75, 3.05) is 0 Å². The van der Waals surface area contributed by atoms with Crippen molar-refractivity contribution in [1.29, 1.82) is 0 Å². The molecular formula is C17H13NO2S. The van der Waals surface area contributed by atoms with Gasteiger partial charge in [-0.3, -0.25) is 0 Å². The average Bonchev–Trinajstić information content (AvgIpc) is 2.94. The van der Waals surface area contributed by atoms with Gasteiger partial charge in [0.2, 0.25) is 0 Å². The number of rotatable bonds is 3. The lowest BCUT2D eigenvalue weighted by Crippen LogP contribution is -1.99. The quantitative estimate of drug-likeness (QED) is 0.775. The maximum absolute atomic E-state index is 11.5. The fraction of sp³-hybridized carbons (Fsp3) is 0.0588. The van der Waals surface area contributed by atoms with Crippen LogP contribution in [-0.2, 0) is 0 Å². The van der Waals surface area contributed by atoms with Gasteiger partial charge in [0.15, 0.2) is 5.69 Å². The standard InChI is InChI=1S/C17H13NO2S/c1-11-7-5-6-10-13(11)15-14(17(19)20)18-16(21-15)12-8-3-2-4-9-12/h2-10H,1H3,(H,19,20). The number of aromatic carboxylic acids is 1. The van der Waals surface area contributed by atoms with Gasteiger partial charge >= 0.3 is 5.97 Å². The van der Waals surface area contributed by atoms with Gasteiger partial charge in [0, 0.05) is 5.56 Å². The molecule has 0 bridgehead atoms. The molecule has 1 aromatic heterocycles. The zero-order valence-corrected chi connectivity index (χ0v) is 12.2. The molecule has 0 amide bonds. The minimum absolute atomic E-state index is 0.119. The lowest BCUT2D eigenvalue weighted by atomic mass is 10.1. The molecule has 2 aromatic carbocycles. The third-order valence-corrected chi connectivity index (χ3v) is 4.38. The Hall–Kier alpha value is -2.46. The van der Waals surface area contributed by atoms with E-state index in [9.17, 15) is 9.90 Å². The summed E-state index contributed by atoms with van der Waals surface area (Å²) in [5.74, 6) is -0.994. The van der Waals surface area contributed by atoms with Crippen LogP contribution in [0.15, 0.2) is 54.6 Å². The third kappa shape index (κ3) is 2.58. The Bertz CT molecular complexity index is 794. The smallest absolute Gasteiger partial charge is 0.356 e. The van der Waals surface area contributed by atoms with Gasteiger partial charge in [-0.1, -0.05) is 54.6 Å². The Balaban J connectivity index is 2.19. The fourth-order valence-corrected chi connectivity index (χ4v) is 3.33.